The van der Waals surface area contributed by atoms with Gasteiger partial charge in [0.1, 0.15) is 11.6 Å². The summed E-state index contributed by atoms with van der Waals surface area (Å²) in [6.07, 6.45) is 4.09. The largest absolute Gasteiger partial charge is 0.376 e. The number of carbonyl (C=O) groups is 1. The van der Waals surface area contributed by atoms with E-state index in [1.807, 2.05) is 50.2 Å². The lowest BCUT2D eigenvalue weighted by molar-refractivity contribution is -0.112. The molecule has 1 N–H and O–H groups in total. The van der Waals surface area contributed by atoms with E-state index in [0.717, 1.165) is 42.9 Å². The molecule has 1 aromatic carbocycles. The minimum absolute atomic E-state index is 0.0929. The zero-order chi connectivity index (χ0) is 21.0. The van der Waals surface area contributed by atoms with E-state index >= 15 is 0 Å². The molecule has 1 aliphatic rings. The molecular formula is C24H29N3O2. The van der Waals surface area contributed by atoms with Crippen molar-refractivity contribution in [2.24, 2.45) is 0 Å². The van der Waals surface area contributed by atoms with Gasteiger partial charge in [0.25, 0.3) is 5.91 Å². The lowest BCUT2D eigenvalue weighted by atomic mass is 10.0. The van der Waals surface area contributed by atoms with Crippen LogP contribution in [0.4, 0.5) is 5.69 Å². The normalized spacial score (nSPS) is 16.8. The molecule has 0 spiro atoms. The summed E-state index contributed by atoms with van der Waals surface area (Å²) in [6.45, 7) is 9.95. The van der Waals surface area contributed by atoms with Crippen LogP contribution in [0, 0.1) is 25.2 Å². The molecule has 0 aliphatic carbocycles. The van der Waals surface area contributed by atoms with Crippen molar-refractivity contribution in [3.05, 3.63) is 58.4 Å². The van der Waals surface area contributed by atoms with Gasteiger partial charge in [0, 0.05) is 30.2 Å². The van der Waals surface area contributed by atoms with Crippen LogP contribution in [0.5, 0.6) is 0 Å². The van der Waals surface area contributed by atoms with E-state index in [0.29, 0.717) is 11.6 Å². The molecule has 1 aliphatic heterocycles. The van der Waals surface area contributed by atoms with Gasteiger partial charge in [-0.2, -0.15) is 5.26 Å². The van der Waals surface area contributed by atoms with E-state index in [1.165, 1.54) is 5.56 Å². The quantitative estimate of drug-likeness (QED) is 0.559. The molecule has 152 valence electrons. The number of aromatic nitrogens is 1. The first-order valence-corrected chi connectivity index (χ1v) is 10.2. The summed E-state index contributed by atoms with van der Waals surface area (Å²) in [4.78, 5) is 12.6. The second-order valence-electron chi connectivity index (χ2n) is 7.97. The number of carbonyl (C=O) groups excluding carboxylic acids is 1. The number of nitrogens with zero attached hydrogens (tertiary/aromatic N) is 2. The maximum absolute atomic E-state index is 12.6. The van der Waals surface area contributed by atoms with Crippen molar-refractivity contribution in [1.82, 2.24) is 4.57 Å². The predicted octanol–water partition coefficient (Wildman–Crippen LogP) is 4.95. The van der Waals surface area contributed by atoms with Gasteiger partial charge in [-0.3, -0.25) is 4.79 Å². The molecule has 29 heavy (non-hydrogen) atoms. The Kier molecular flexibility index (Phi) is 6.56. The van der Waals surface area contributed by atoms with E-state index < -0.39 is 5.91 Å². The summed E-state index contributed by atoms with van der Waals surface area (Å²) in [5.74, 6) is 0.0351. The summed E-state index contributed by atoms with van der Waals surface area (Å²) < 4.78 is 7.96. The number of hydrogen-bond acceptors (Lipinski definition) is 3. The molecule has 1 atom stereocenters. The number of nitriles is 1. The van der Waals surface area contributed by atoms with E-state index in [-0.39, 0.29) is 11.7 Å². The van der Waals surface area contributed by atoms with Crippen molar-refractivity contribution in [1.29, 1.82) is 5.26 Å². The first-order chi connectivity index (χ1) is 13.9. The van der Waals surface area contributed by atoms with Gasteiger partial charge in [-0.05, 0) is 68.0 Å². The molecular weight excluding hydrogens is 362 g/mol. The summed E-state index contributed by atoms with van der Waals surface area (Å²) >= 11 is 0. The van der Waals surface area contributed by atoms with Crippen LogP contribution in [0.1, 0.15) is 55.1 Å². The van der Waals surface area contributed by atoms with Crippen molar-refractivity contribution in [2.45, 2.75) is 59.1 Å². The van der Waals surface area contributed by atoms with Crippen molar-refractivity contribution in [3.63, 3.8) is 0 Å². The lowest BCUT2D eigenvalue weighted by Gasteiger charge is -2.14. The van der Waals surface area contributed by atoms with E-state index in [2.05, 4.69) is 23.7 Å². The number of ether oxygens (including phenoxy) is 1. The van der Waals surface area contributed by atoms with E-state index in [4.69, 9.17) is 4.74 Å². The first kappa shape index (κ1) is 20.9. The van der Waals surface area contributed by atoms with Gasteiger partial charge < -0.3 is 14.6 Å². The van der Waals surface area contributed by atoms with Crippen LogP contribution in [-0.2, 0) is 16.1 Å². The standard InChI is InChI=1S/C24H29N3O2/c1-16(2)19-7-9-22(10-8-19)26-24(28)21(14-25)13-20-12-17(3)27(18(20)4)15-23-6-5-11-29-23/h7-10,12-13,16,23H,5-6,11,15H2,1-4H3,(H,26,28)/b21-13+/t23-/m0/s1. The Balaban J connectivity index is 1.76. The number of anilines is 1. The Morgan fingerprint density at radius 2 is 2.07 bits per heavy atom. The fraction of sp³-hybridized carbons (Fsp3) is 0.417. The number of rotatable bonds is 6. The van der Waals surface area contributed by atoms with Crippen LogP contribution in [0.15, 0.2) is 35.9 Å². The second-order valence-corrected chi connectivity index (χ2v) is 7.97. The molecule has 1 saturated heterocycles. The van der Waals surface area contributed by atoms with Gasteiger partial charge in [0.05, 0.1) is 6.10 Å². The van der Waals surface area contributed by atoms with Crippen LogP contribution in [0.3, 0.4) is 0 Å². The molecule has 1 amide bonds. The molecule has 0 unspecified atom stereocenters. The van der Waals surface area contributed by atoms with Crippen molar-refractivity contribution in [2.75, 3.05) is 11.9 Å². The highest BCUT2D eigenvalue weighted by atomic mass is 16.5. The summed E-state index contributed by atoms with van der Waals surface area (Å²) in [7, 11) is 0. The predicted molar refractivity (Wildman–Crippen MR) is 116 cm³/mol. The van der Waals surface area contributed by atoms with Crippen molar-refractivity contribution < 1.29 is 9.53 Å². The van der Waals surface area contributed by atoms with Crippen LogP contribution in [0.2, 0.25) is 0 Å². The topological polar surface area (TPSA) is 67.0 Å². The third kappa shape index (κ3) is 4.96. The van der Waals surface area contributed by atoms with E-state index in [1.54, 1.807) is 6.08 Å². The molecule has 3 rings (SSSR count). The number of nitrogens with one attached hydrogen (secondary N) is 1. The number of aryl methyl sites for hydroxylation is 1. The lowest BCUT2D eigenvalue weighted by Crippen LogP contribution is -2.17. The third-order valence-corrected chi connectivity index (χ3v) is 5.52. The average molecular weight is 392 g/mol. The zero-order valence-electron chi connectivity index (χ0n) is 17.7. The van der Waals surface area contributed by atoms with Gasteiger partial charge in [-0.15, -0.1) is 0 Å². The summed E-state index contributed by atoms with van der Waals surface area (Å²) in [5.41, 5.74) is 5.02. The first-order valence-electron chi connectivity index (χ1n) is 10.2. The molecule has 5 heteroatoms. The highest BCUT2D eigenvalue weighted by molar-refractivity contribution is 6.09. The summed E-state index contributed by atoms with van der Waals surface area (Å²) in [5, 5.41) is 12.4. The molecule has 0 saturated carbocycles. The van der Waals surface area contributed by atoms with Gasteiger partial charge in [0.15, 0.2) is 0 Å². The highest BCUT2D eigenvalue weighted by Crippen LogP contribution is 2.23. The Bertz CT molecular complexity index is 940. The number of hydrogen-bond donors (Lipinski definition) is 1. The number of benzene rings is 1. The van der Waals surface area contributed by atoms with Crippen molar-refractivity contribution in [3.8, 4) is 6.07 Å². The Hall–Kier alpha value is -2.84. The smallest absolute Gasteiger partial charge is 0.266 e. The Morgan fingerprint density at radius 1 is 1.34 bits per heavy atom. The van der Waals surface area contributed by atoms with E-state index in [9.17, 15) is 10.1 Å². The maximum Gasteiger partial charge on any atom is 0.266 e. The molecule has 2 heterocycles. The van der Waals surface area contributed by atoms with Crippen molar-refractivity contribution >= 4 is 17.7 Å². The van der Waals surface area contributed by atoms with Crippen LogP contribution in [0.25, 0.3) is 6.08 Å². The second kappa shape index (κ2) is 9.11. The summed E-state index contributed by atoms with van der Waals surface area (Å²) in [6, 6.07) is 11.8. The Labute approximate surface area is 173 Å². The van der Waals surface area contributed by atoms with Gasteiger partial charge in [-0.1, -0.05) is 26.0 Å². The monoisotopic (exact) mass is 391 g/mol. The molecule has 5 nitrogen and oxygen atoms in total. The molecule has 0 radical (unpaired) electrons. The van der Waals surface area contributed by atoms with Crippen LogP contribution < -0.4 is 5.32 Å². The fourth-order valence-corrected chi connectivity index (χ4v) is 3.70. The van der Waals surface area contributed by atoms with Gasteiger partial charge in [0.2, 0.25) is 0 Å². The molecule has 0 bridgehead atoms. The van der Waals surface area contributed by atoms with Crippen LogP contribution in [-0.4, -0.2) is 23.2 Å². The van der Waals surface area contributed by atoms with Gasteiger partial charge in [-0.25, -0.2) is 0 Å². The molecule has 1 aromatic heterocycles. The maximum atomic E-state index is 12.6. The minimum atomic E-state index is -0.395. The average Bonchev–Trinajstić information content (AvgIpc) is 3.30. The van der Waals surface area contributed by atoms with Gasteiger partial charge >= 0.3 is 0 Å². The highest BCUT2D eigenvalue weighted by Gasteiger charge is 2.19. The molecule has 1 fully saturated rings. The SMILES string of the molecule is Cc1cc(/C=C(\C#N)C(=O)Nc2ccc(C(C)C)cc2)c(C)n1C[C@@H]1CCCO1. The third-order valence-electron chi connectivity index (χ3n) is 5.52. The van der Waals surface area contributed by atoms with Crippen LogP contribution >= 0.6 is 0 Å². The minimum Gasteiger partial charge on any atom is -0.376 e. The zero-order valence-corrected chi connectivity index (χ0v) is 17.7. The fourth-order valence-electron chi connectivity index (χ4n) is 3.70. The number of amides is 1. The Morgan fingerprint density at radius 3 is 2.66 bits per heavy atom. The molecule has 2 aromatic rings.